The van der Waals surface area contributed by atoms with Crippen molar-refractivity contribution in [3.8, 4) is 0 Å². The summed E-state index contributed by atoms with van der Waals surface area (Å²) in [6.07, 6.45) is 1.97. The lowest BCUT2D eigenvalue weighted by molar-refractivity contribution is 0.0280. The molecule has 5 rings (SSSR count). The normalized spacial score (nSPS) is 13.6. The minimum atomic E-state index is -1.19. The monoisotopic (exact) mass is 480 g/mol. The number of aromatic amines is 1. The van der Waals surface area contributed by atoms with Crippen LogP contribution in [0.2, 0.25) is 0 Å². The number of rotatable bonds is 8. The number of hydrogen-bond donors (Lipinski definition) is 1. The van der Waals surface area contributed by atoms with E-state index in [1.165, 1.54) is 23.1 Å². The number of Topliss-reactive ketones (excluding diaryl/α,β-unsaturated/α-hetero) is 1. The Hall–Kier alpha value is -4.52. The third-order valence-corrected chi connectivity index (χ3v) is 6.36. The summed E-state index contributed by atoms with van der Waals surface area (Å²) in [6, 6.07) is 20.5. The van der Waals surface area contributed by atoms with Gasteiger partial charge in [0.2, 0.25) is 5.78 Å². The molecule has 0 bridgehead atoms. The van der Waals surface area contributed by atoms with E-state index in [9.17, 15) is 19.2 Å². The maximum atomic E-state index is 13.6. The van der Waals surface area contributed by atoms with Crippen LogP contribution in [0.25, 0.3) is 10.9 Å². The largest absolute Gasteiger partial charge is 0.445 e. The predicted octanol–water partition coefficient (Wildman–Crippen LogP) is 5.35. The number of esters is 1. The molecule has 1 aromatic heterocycles. The molecule has 1 unspecified atom stereocenters. The highest BCUT2D eigenvalue weighted by atomic mass is 16.5. The Morgan fingerprint density at radius 3 is 2.42 bits per heavy atom. The first kappa shape index (κ1) is 23.2. The zero-order valence-electron chi connectivity index (χ0n) is 19.7. The Morgan fingerprint density at radius 2 is 1.64 bits per heavy atom. The molecule has 7 heteroatoms. The summed E-state index contributed by atoms with van der Waals surface area (Å²) in [6.45, 7) is 2.31. The van der Waals surface area contributed by atoms with E-state index in [-0.39, 0.29) is 28.4 Å². The van der Waals surface area contributed by atoms with Crippen LogP contribution >= 0.6 is 0 Å². The van der Waals surface area contributed by atoms with E-state index in [2.05, 4.69) is 4.98 Å². The molecule has 0 radical (unpaired) electrons. The Labute approximate surface area is 207 Å². The van der Waals surface area contributed by atoms with E-state index in [1.807, 2.05) is 37.3 Å². The Morgan fingerprint density at radius 1 is 0.917 bits per heavy atom. The fourth-order valence-electron chi connectivity index (χ4n) is 4.43. The van der Waals surface area contributed by atoms with Gasteiger partial charge in [0, 0.05) is 34.8 Å². The Balaban J connectivity index is 1.45. The molecule has 0 fully saturated rings. The highest BCUT2D eigenvalue weighted by Crippen LogP contribution is 2.29. The number of H-pyrrole nitrogens is 1. The molecule has 7 nitrogen and oxygen atoms in total. The maximum absolute atomic E-state index is 13.6. The van der Waals surface area contributed by atoms with Gasteiger partial charge in [0.15, 0.2) is 6.10 Å². The smallest absolute Gasteiger partial charge is 0.339 e. The minimum Gasteiger partial charge on any atom is -0.445 e. The summed E-state index contributed by atoms with van der Waals surface area (Å²) in [4.78, 5) is 56.6. The van der Waals surface area contributed by atoms with Crippen LogP contribution in [0.5, 0.6) is 0 Å². The van der Waals surface area contributed by atoms with Crippen LogP contribution in [0, 0.1) is 0 Å². The van der Waals surface area contributed by atoms with Gasteiger partial charge in [-0.05, 0) is 30.7 Å². The first-order chi connectivity index (χ1) is 17.5. The lowest BCUT2D eigenvalue weighted by atomic mass is 9.99. The molecule has 0 saturated carbocycles. The van der Waals surface area contributed by atoms with E-state index < -0.39 is 18.0 Å². The molecule has 0 saturated heterocycles. The lowest BCUT2D eigenvalue weighted by Crippen LogP contribution is -2.30. The topological polar surface area (TPSA) is 96.5 Å². The number of imide groups is 1. The molecule has 0 spiro atoms. The standard InChI is InChI=1S/C29H24N2O5/c1-2-3-15-31-27(33)21-14-13-19(16-22(21)28(31)34)29(35)36-26(18-9-5-4-6-10-18)25(32)23-17-30-24-12-8-7-11-20(23)24/h4-14,16-17,26,30H,2-3,15H2,1H3. The molecule has 180 valence electrons. The van der Waals surface area contributed by atoms with Gasteiger partial charge in [-0.15, -0.1) is 0 Å². The van der Waals surface area contributed by atoms with E-state index in [4.69, 9.17) is 4.74 Å². The van der Waals surface area contributed by atoms with Gasteiger partial charge >= 0.3 is 5.97 Å². The molecule has 1 atom stereocenters. The van der Waals surface area contributed by atoms with E-state index >= 15 is 0 Å². The molecular weight excluding hydrogens is 456 g/mol. The summed E-state index contributed by atoms with van der Waals surface area (Å²) in [5.74, 6) is -1.91. The highest BCUT2D eigenvalue weighted by Gasteiger charge is 2.36. The third-order valence-electron chi connectivity index (χ3n) is 6.36. The molecule has 2 heterocycles. The highest BCUT2D eigenvalue weighted by molar-refractivity contribution is 6.22. The predicted molar refractivity (Wildman–Crippen MR) is 134 cm³/mol. The van der Waals surface area contributed by atoms with Crippen LogP contribution < -0.4 is 0 Å². The van der Waals surface area contributed by atoms with Gasteiger partial charge in [0.25, 0.3) is 11.8 Å². The molecule has 2 amide bonds. The summed E-state index contributed by atoms with van der Waals surface area (Å²) in [7, 11) is 0. The molecule has 0 aliphatic carbocycles. The summed E-state index contributed by atoms with van der Waals surface area (Å²) < 4.78 is 5.76. The van der Waals surface area contributed by atoms with Crippen molar-refractivity contribution in [1.29, 1.82) is 0 Å². The number of ether oxygens (including phenoxy) is 1. The van der Waals surface area contributed by atoms with Gasteiger partial charge in [-0.3, -0.25) is 19.3 Å². The maximum Gasteiger partial charge on any atom is 0.339 e. The number of fused-ring (bicyclic) bond motifs is 2. The first-order valence-corrected chi connectivity index (χ1v) is 11.9. The average molecular weight is 481 g/mol. The third kappa shape index (κ3) is 4.09. The number of carbonyl (C=O) groups is 4. The summed E-state index contributed by atoms with van der Waals surface area (Å²) in [5.41, 5.74) is 2.27. The molecule has 1 aliphatic rings. The van der Waals surface area contributed by atoms with Gasteiger partial charge in [0.1, 0.15) is 0 Å². The zero-order chi connectivity index (χ0) is 25.2. The fourth-order valence-corrected chi connectivity index (χ4v) is 4.43. The number of benzene rings is 3. The quantitative estimate of drug-likeness (QED) is 0.208. The summed E-state index contributed by atoms with van der Waals surface area (Å²) >= 11 is 0. The van der Waals surface area contributed by atoms with Crippen molar-refractivity contribution >= 4 is 34.5 Å². The van der Waals surface area contributed by atoms with Crippen molar-refractivity contribution < 1.29 is 23.9 Å². The number of para-hydroxylation sites is 1. The molecule has 4 aromatic rings. The average Bonchev–Trinajstić information content (AvgIpc) is 3.45. The lowest BCUT2D eigenvalue weighted by Gasteiger charge is -2.17. The molecule has 36 heavy (non-hydrogen) atoms. The van der Waals surface area contributed by atoms with Crippen molar-refractivity contribution in [2.75, 3.05) is 6.54 Å². The second-order valence-electron chi connectivity index (χ2n) is 8.68. The van der Waals surface area contributed by atoms with Gasteiger partial charge in [-0.25, -0.2) is 4.79 Å². The van der Waals surface area contributed by atoms with Gasteiger partial charge in [-0.2, -0.15) is 0 Å². The van der Waals surface area contributed by atoms with E-state index in [0.717, 1.165) is 17.3 Å². The first-order valence-electron chi connectivity index (χ1n) is 11.9. The number of nitrogens with zero attached hydrogens (tertiary/aromatic N) is 1. The van der Waals surface area contributed by atoms with Gasteiger partial charge in [-0.1, -0.05) is 61.9 Å². The second-order valence-corrected chi connectivity index (χ2v) is 8.68. The van der Waals surface area contributed by atoms with E-state index in [1.54, 1.807) is 30.5 Å². The van der Waals surface area contributed by atoms with Crippen LogP contribution in [0.4, 0.5) is 0 Å². The van der Waals surface area contributed by atoms with Crippen LogP contribution in [0.1, 0.15) is 72.9 Å². The van der Waals surface area contributed by atoms with Crippen molar-refractivity contribution in [2.45, 2.75) is 25.9 Å². The Kier molecular flexibility index (Phi) is 6.21. The number of unbranched alkanes of at least 4 members (excludes halogenated alkanes) is 1. The van der Waals surface area contributed by atoms with Crippen LogP contribution in [0.15, 0.2) is 79.0 Å². The molecule has 1 aliphatic heterocycles. The van der Waals surface area contributed by atoms with Crippen LogP contribution in [0.3, 0.4) is 0 Å². The van der Waals surface area contributed by atoms with Gasteiger partial charge in [0.05, 0.1) is 16.7 Å². The molecular formula is C29H24N2O5. The zero-order valence-corrected chi connectivity index (χ0v) is 19.7. The number of amides is 2. The molecule has 3 aromatic carbocycles. The Bertz CT molecular complexity index is 1490. The van der Waals surface area contributed by atoms with Crippen molar-refractivity contribution in [1.82, 2.24) is 9.88 Å². The number of nitrogens with one attached hydrogen (secondary N) is 1. The number of aromatic nitrogens is 1. The summed E-state index contributed by atoms with van der Waals surface area (Å²) in [5, 5.41) is 0.730. The second kappa shape index (κ2) is 9.62. The SMILES string of the molecule is CCCCN1C(=O)c2ccc(C(=O)OC(C(=O)c3c[nH]c4ccccc34)c3ccccc3)cc2C1=O. The number of carbonyl (C=O) groups excluding carboxylic acids is 4. The minimum absolute atomic E-state index is 0.0971. The van der Waals surface area contributed by atoms with Crippen molar-refractivity contribution in [3.05, 3.63) is 107 Å². The van der Waals surface area contributed by atoms with Crippen molar-refractivity contribution in [3.63, 3.8) is 0 Å². The van der Waals surface area contributed by atoms with Crippen LogP contribution in [-0.4, -0.2) is 40.0 Å². The number of ketones is 1. The molecule has 1 N–H and O–H groups in total. The van der Waals surface area contributed by atoms with Crippen LogP contribution in [-0.2, 0) is 4.74 Å². The fraction of sp³-hybridized carbons (Fsp3) is 0.172. The van der Waals surface area contributed by atoms with Gasteiger partial charge < -0.3 is 9.72 Å². The van der Waals surface area contributed by atoms with E-state index in [0.29, 0.717) is 24.1 Å². The number of hydrogen-bond acceptors (Lipinski definition) is 5. The van der Waals surface area contributed by atoms with Crippen molar-refractivity contribution in [2.24, 2.45) is 0 Å².